The van der Waals surface area contributed by atoms with Gasteiger partial charge in [-0.05, 0) is 50.1 Å². The molecule has 0 aliphatic carbocycles. The first kappa shape index (κ1) is 14.5. The molecule has 0 saturated carbocycles. The van der Waals surface area contributed by atoms with E-state index in [-0.39, 0.29) is 5.56 Å². The molecule has 0 spiro atoms. The molecule has 0 aliphatic heterocycles. The molecule has 1 aromatic carbocycles. The van der Waals surface area contributed by atoms with E-state index in [9.17, 15) is 4.79 Å². The van der Waals surface area contributed by atoms with E-state index in [1.807, 2.05) is 26.0 Å². The Hall–Kier alpha value is -1.88. The first-order chi connectivity index (χ1) is 9.38. The van der Waals surface area contributed by atoms with E-state index < -0.39 is 5.97 Å². The predicted molar refractivity (Wildman–Crippen MR) is 79.6 cm³/mol. The minimum absolute atomic E-state index is 0.181. The largest absolute Gasteiger partial charge is 0.478 e. The Bertz CT molecular complexity index is 660. The molecule has 5 heteroatoms. The van der Waals surface area contributed by atoms with Crippen LogP contribution in [0.1, 0.15) is 27.2 Å². The van der Waals surface area contributed by atoms with Crippen molar-refractivity contribution in [3.8, 4) is 11.6 Å². The number of aryl methyl sites for hydroxylation is 3. The number of aromatic carboxylic acids is 1. The van der Waals surface area contributed by atoms with Crippen LogP contribution in [0.15, 0.2) is 28.7 Å². The zero-order valence-corrected chi connectivity index (χ0v) is 13.0. The number of rotatable bonds is 3. The third-order valence-corrected chi connectivity index (χ3v) is 4.17. The summed E-state index contributed by atoms with van der Waals surface area (Å²) in [7, 11) is 0. The summed E-state index contributed by atoms with van der Waals surface area (Å²) in [6.45, 7) is 5.61. The van der Waals surface area contributed by atoms with Crippen LogP contribution < -0.4 is 4.74 Å². The second-order valence-corrected chi connectivity index (χ2v) is 5.35. The zero-order chi connectivity index (χ0) is 14.9. The van der Waals surface area contributed by atoms with Crippen molar-refractivity contribution in [1.82, 2.24) is 4.98 Å². The molecule has 20 heavy (non-hydrogen) atoms. The minimum atomic E-state index is -0.989. The Balaban J connectivity index is 2.31. The fourth-order valence-electron chi connectivity index (χ4n) is 1.91. The molecule has 0 radical (unpaired) electrons. The second kappa shape index (κ2) is 5.63. The molecule has 0 amide bonds. The maximum atomic E-state index is 10.9. The first-order valence-corrected chi connectivity index (χ1v) is 6.83. The van der Waals surface area contributed by atoms with Crippen molar-refractivity contribution in [1.29, 1.82) is 0 Å². The summed E-state index contributed by atoms with van der Waals surface area (Å²) in [6.07, 6.45) is 0. The van der Waals surface area contributed by atoms with Gasteiger partial charge in [-0.1, -0.05) is 15.9 Å². The summed E-state index contributed by atoms with van der Waals surface area (Å²) in [5.74, 6) is 0.0729. The fraction of sp³-hybridized carbons (Fsp3) is 0.200. The average Bonchev–Trinajstić information content (AvgIpc) is 2.35. The van der Waals surface area contributed by atoms with Crippen molar-refractivity contribution >= 4 is 21.9 Å². The number of hydrogen-bond acceptors (Lipinski definition) is 3. The summed E-state index contributed by atoms with van der Waals surface area (Å²) in [4.78, 5) is 15.1. The number of hydrogen-bond donors (Lipinski definition) is 1. The molecule has 1 aromatic heterocycles. The predicted octanol–water partition coefficient (Wildman–Crippen LogP) is 4.26. The SMILES string of the molecule is Cc1cc(Oc2ccc(C(=O)O)c(C)n2)cc(C)c1Br. The summed E-state index contributed by atoms with van der Waals surface area (Å²) in [5.41, 5.74) is 2.75. The van der Waals surface area contributed by atoms with Crippen molar-refractivity contribution in [2.75, 3.05) is 0 Å². The molecule has 4 nitrogen and oxygen atoms in total. The number of pyridine rings is 1. The lowest BCUT2D eigenvalue weighted by Gasteiger charge is -2.10. The van der Waals surface area contributed by atoms with Gasteiger partial charge in [0.25, 0.3) is 0 Å². The smallest absolute Gasteiger partial charge is 0.337 e. The summed E-state index contributed by atoms with van der Waals surface area (Å²) in [5, 5.41) is 8.96. The van der Waals surface area contributed by atoms with Crippen LogP contribution in [0.3, 0.4) is 0 Å². The molecule has 1 heterocycles. The quantitative estimate of drug-likeness (QED) is 0.910. The zero-order valence-electron chi connectivity index (χ0n) is 11.4. The molecular formula is C15H14BrNO3. The minimum Gasteiger partial charge on any atom is -0.478 e. The molecule has 0 bridgehead atoms. The van der Waals surface area contributed by atoms with Crippen molar-refractivity contribution in [3.05, 3.63) is 51.1 Å². The normalized spacial score (nSPS) is 10.4. The van der Waals surface area contributed by atoms with Crippen LogP contribution in [0.2, 0.25) is 0 Å². The molecule has 104 valence electrons. The van der Waals surface area contributed by atoms with Gasteiger partial charge in [0.15, 0.2) is 0 Å². The molecule has 1 N–H and O–H groups in total. The third-order valence-electron chi connectivity index (χ3n) is 2.92. The maximum absolute atomic E-state index is 10.9. The monoisotopic (exact) mass is 335 g/mol. The maximum Gasteiger partial charge on any atom is 0.337 e. The standard InChI is InChI=1S/C15H14BrNO3/c1-8-6-11(7-9(2)14(8)16)20-13-5-4-12(15(18)19)10(3)17-13/h4-7H,1-3H3,(H,18,19). The molecule has 0 unspecified atom stereocenters. The van der Waals surface area contributed by atoms with Gasteiger partial charge in [-0.3, -0.25) is 0 Å². The van der Waals surface area contributed by atoms with Crippen molar-refractivity contribution in [2.45, 2.75) is 20.8 Å². The van der Waals surface area contributed by atoms with Gasteiger partial charge in [0.1, 0.15) is 5.75 Å². The van der Waals surface area contributed by atoms with Crippen LogP contribution in [0.25, 0.3) is 0 Å². The topological polar surface area (TPSA) is 59.4 Å². The Morgan fingerprint density at radius 2 is 1.80 bits per heavy atom. The summed E-state index contributed by atoms with van der Waals surface area (Å²) < 4.78 is 6.74. The molecule has 2 aromatic rings. The third kappa shape index (κ3) is 2.99. The van der Waals surface area contributed by atoms with E-state index in [0.29, 0.717) is 17.3 Å². The van der Waals surface area contributed by atoms with Gasteiger partial charge in [0.05, 0.1) is 11.3 Å². The number of aromatic nitrogens is 1. The molecular weight excluding hydrogens is 322 g/mol. The summed E-state index contributed by atoms with van der Waals surface area (Å²) in [6, 6.07) is 6.86. The lowest BCUT2D eigenvalue weighted by atomic mass is 10.1. The van der Waals surface area contributed by atoms with Crippen LogP contribution >= 0.6 is 15.9 Å². The lowest BCUT2D eigenvalue weighted by Crippen LogP contribution is -2.02. The number of carbonyl (C=O) groups is 1. The van der Waals surface area contributed by atoms with Crippen LogP contribution in [0.5, 0.6) is 11.6 Å². The van der Waals surface area contributed by atoms with Crippen molar-refractivity contribution in [2.24, 2.45) is 0 Å². The average molecular weight is 336 g/mol. The summed E-state index contributed by atoms with van der Waals surface area (Å²) >= 11 is 3.50. The Kier molecular flexibility index (Phi) is 4.09. The van der Waals surface area contributed by atoms with E-state index in [0.717, 1.165) is 15.6 Å². The van der Waals surface area contributed by atoms with Gasteiger partial charge in [-0.2, -0.15) is 0 Å². The molecule has 0 fully saturated rings. The lowest BCUT2D eigenvalue weighted by molar-refractivity contribution is 0.0695. The van der Waals surface area contributed by atoms with Gasteiger partial charge < -0.3 is 9.84 Å². The van der Waals surface area contributed by atoms with Gasteiger partial charge >= 0.3 is 5.97 Å². The van der Waals surface area contributed by atoms with Gasteiger partial charge in [-0.15, -0.1) is 0 Å². The van der Waals surface area contributed by atoms with Crippen LogP contribution in [-0.4, -0.2) is 16.1 Å². The van der Waals surface area contributed by atoms with Crippen molar-refractivity contribution < 1.29 is 14.6 Å². The highest BCUT2D eigenvalue weighted by Gasteiger charge is 2.10. The molecule has 0 aliphatic rings. The highest BCUT2D eigenvalue weighted by atomic mass is 79.9. The van der Waals surface area contributed by atoms with Crippen LogP contribution in [0, 0.1) is 20.8 Å². The fourth-order valence-corrected chi connectivity index (χ4v) is 2.14. The van der Waals surface area contributed by atoms with Crippen molar-refractivity contribution in [3.63, 3.8) is 0 Å². The second-order valence-electron chi connectivity index (χ2n) is 4.56. The number of ether oxygens (including phenoxy) is 1. The molecule has 0 saturated heterocycles. The van der Waals surface area contributed by atoms with E-state index in [4.69, 9.17) is 9.84 Å². The Labute approximate surface area is 125 Å². The highest BCUT2D eigenvalue weighted by molar-refractivity contribution is 9.10. The Morgan fingerprint density at radius 1 is 1.20 bits per heavy atom. The van der Waals surface area contributed by atoms with E-state index in [1.165, 1.54) is 6.07 Å². The Morgan fingerprint density at radius 3 is 2.30 bits per heavy atom. The van der Waals surface area contributed by atoms with Crippen LogP contribution in [-0.2, 0) is 0 Å². The molecule has 2 rings (SSSR count). The molecule has 0 atom stereocenters. The van der Waals surface area contributed by atoms with Gasteiger partial charge in [0.2, 0.25) is 5.88 Å². The first-order valence-electron chi connectivity index (χ1n) is 6.04. The van der Waals surface area contributed by atoms with Crippen LogP contribution in [0.4, 0.5) is 0 Å². The number of nitrogens with zero attached hydrogens (tertiary/aromatic N) is 1. The van der Waals surface area contributed by atoms with E-state index in [1.54, 1.807) is 13.0 Å². The number of benzene rings is 1. The highest BCUT2D eigenvalue weighted by Crippen LogP contribution is 2.29. The van der Waals surface area contributed by atoms with E-state index in [2.05, 4.69) is 20.9 Å². The van der Waals surface area contributed by atoms with Gasteiger partial charge in [-0.25, -0.2) is 9.78 Å². The number of halogens is 1. The van der Waals surface area contributed by atoms with Gasteiger partial charge in [0, 0.05) is 10.5 Å². The number of carboxylic acid groups (broad SMARTS) is 1. The van der Waals surface area contributed by atoms with E-state index >= 15 is 0 Å². The number of carboxylic acids is 1.